The predicted octanol–water partition coefficient (Wildman–Crippen LogP) is 4.25. The number of hydrogen-bond acceptors (Lipinski definition) is 5. The molecule has 6 nitrogen and oxygen atoms in total. The van der Waals surface area contributed by atoms with E-state index < -0.39 is 0 Å². The number of nitrogens with zero attached hydrogens (tertiary/aromatic N) is 2. The molecule has 2 aromatic carbocycles. The number of nitrogens with one attached hydrogen (secondary N) is 1. The lowest BCUT2D eigenvalue weighted by atomic mass is 9.49. The molecule has 2 aromatic rings. The molecule has 2 aliphatic rings. The van der Waals surface area contributed by atoms with Crippen molar-refractivity contribution in [2.45, 2.75) is 39.8 Å². The van der Waals surface area contributed by atoms with Gasteiger partial charge < -0.3 is 20.1 Å². The largest absolute Gasteiger partial charge is 0.489 e. The fourth-order valence-corrected chi connectivity index (χ4v) is 5.66. The van der Waals surface area contributed by atoms with Crippen LogP contribution in [-0.4, -0.2) is 42.9 Å². The van der Waals surface area contributed by atoms with Gasteiger partial charge in [0, 0.05) is 59.8 Å². The van der Waals surface area contributed by atoms with Gasteiger partial charge in [0.1, 0.15) is 17.9 Å². The smallest absolute Gasteiger partial charge is 0.251 e. The van der Waals surface area contributed by atoms with Crippen LogP contribution in [0.3, 0.4) is 0 Å². The molecule has 2 N–H and O–H groups in total. The first-order chi connectivity index (χ1) is 16.0. The van der Waals surface area contributed by atoms with Gasteiger partial charge in [-0.15, -0.1) is 0 Å². The fraction of sp³-hybridized carbons (Fsp3) is 0.462. The van der Waals surface area contributed by atoms with Gasteiger partial charge in [-0.05, 0) is 36.4 Å². The lowest BCUT2D eigenvalue weighted by molar-refractivity contribution is -0.164. The molecule has 0 spiro atoms. The topological polar surface area (TPSA) is 85.6 Å². The third-order valence-electron chi connectivity index (χ3n) is 7.04. The number of halogens is 1. The summed E-state index contributed by atoms with van der Waals surface area (Å²) in [5.41, 5.74) is 0.900. The van der Waals surface area contributed by atoms with Crippen molar-refractivity contribution in [1.29, 1.82) is 5.26 Å². The Morgan fingerprint density at radius 2 is 1.97 bits per heavy atom. The number of aliphatic hydroxyl groups excluding tert-OH is 1. The van der Waals surface area contributed by atoms with E-state index in [1.165, 1.54) is 0 Å². The van der Waals surface area contributed by atoms with Gasteiger partial charge in [-0.2, -0.15) is 5.26 Å². The summed E-state index contributed by atoms with van der Waals surface area (Å²) >= 11 is 6.16. The Kier molecular flexibility index (Phi) is 5.72. The first-order valence-electron chi connectivity index (χ1n) is 11.6. The van der Waals surface area contributed by atoms with Crippen LogP contribution < -0.4 is 15.0 Å². The number of amides is 1. The Balaban J connectivity index is 1.45. The van der Waals surface area contributed by atoms with Crippen molar-refractivity contribution in [2.24, 2.45) is 16.7 Å². The molecule has 33 heavy (non-hydrogen) atoms. The van der Waals surface area contributed by atoms with Crippen molar-refractivity contribution in [3.8, 4) is 11.8 Å². The monoisotopic (exact) mass is 468 g/mol. The number of hydrogen-bond donors (Lipinski definition) is 2. The van der Waals surface area contributed by atoms with Gasteiger partial charge in [-0.3, -0.25) is 4.79 Å². The minimum Gasteiger partial charge on any atom is -0.489 e. The maximum atomic E-state index is 13.1. The highest BCUT2D eigenvalue weighted by atomic mass is 35.5. The molecule has 0 atom stereocenters. The quantitative estimate of drug-likeness (QED) is 0.661. The molecule has 0 radical (unpaired) electrons. The van der Waals surface area contributed by atoms with E-state index in [4.69, 9.17) is 23.0 Å². The molecule has 0 aromatic heterocycles. The van der Waals surface area contributed by atoms with Gasteiger partial charge >= 0.3 is 0 Å². The second-order valence-electron chi connectivity index (χ2n) is 10.2. The van der Waals surface area contributed by atoms with Crippen LogP contribution in [0.1, 0.15) is 45.0 Å². The summed E-state index contributed by atoms with van der Waals surface area (Å²) in [6.45, 7) is 9.83. The van der Waals surface area contributed by atoms with E-state index >= 15 is 0 Å². The normalized spacial score (nSPS) is 23.5. The number of rotatable bonds is 6. The molecule has 0 bridgehead atoms. The highest BCUT2D eigenvalue weighted by Gasteiger charge is 2.64. The maximum Gasteiger partial charge on any atom is 0.251 e. The zero-order valence-electron chi connectivity index (χ0n) is 20.4. The minimum absolute atomic E-state index is 0.152. The SMILES string of the molecule is [2H]c1cc(C(=O)NC2C(C)(C)C(Oc3ccc(C#N)c(Cl)c3)C2(C)C)ccc1N1CC(CO)C1. The Morgan fingerprint density at radius 3 is 2.55 bits per heavy atom. The Morgan fingerprint density at radius 1 is 1.27 bits per heavy atom. The van der Waals surface area contributed by atoms with Crippen LogP contribution in [0.5, 0.6) is 5.75 Å². The molecule has 0 unspecified atom stereocenters. The first kappa shape index (κ1) is 22.1. The molecule has 1 aliphatic heterocycles. The summed E-state index contributed by atoms with van der Waals surface area (Å²) in [5.74, 6) is 0.618. The summed E-state index contributed by atoms with van der Waals surface area (Å²) in [6.07, 6.45) is -0.186. The van der Waals surface area contributed by atoms with Crippen LogP contribution in [-0.2, 0) is 0 Å². The second kappa shape index (κ2) is 8.55. The Bertz CT molecular complexity index is 1140. The minimum atomic E-state index is -0.361. The van der Waals surface area contributed by atoms with Crippen molar-refractivity contribution >= 4 is 23.2 Å². The van der Waals surface area contributed by atoms with Crippen LogP contribution in [0, 0.1) is 28.1 Å². The number of nitriles is 1. The van der Waals surface area contributed by atoms with Gasteiger partial charge in [0.05, 0.1) is 12.0 Å². The molecule has 1 saturated heterocycles. The van der Waals surface area contributed by atoms with E-state index in [1.54, 1.807) is 30.3 Å². The molecular weight excluding hydrogens is 438 g/mol. The number of carbonyl (C=O) groups is 1. The third-order valence-corrected chi connectivity index (χ3v) is 7.36. The maximum absolute atomic E-state index is 13.1. The molecule has 1 amide bonds. The predicted molar refractivity (Wildman–Crippen MR) is 129 cm³/mol. The van der Waals surface area contributed by atoms with Crippen molar-refractivity contribution in [2.75, 3.05) is 24.6 Å². The van der Waals surface area contributed by atoms with E-state index in [2.05, 4.69) is 33.0 Å². The van der Waals surface area contributed by atoms with Crippen LogP contribution in [0.25, 0.3) is 0 Å². The highest BCUT2D eigenvalue weighted by molar-refractivity contribution is 6.31. The van der Waals surface area contributed by atoms with Crippen LogP contribution >= 0.6 is 11.6 Å². The van der Waals surface area contributed by atoms with Crippen molar-refractivity contribution in [3.63, 3.8) is 0 Å². The van der Waals surface area contributed by atoms with Gasteiger partial charge in [0.25, 0.3) is 5.91 Å². The Labute approximate surface area is 201 Å². The number of carbonyl (C=O) groups excluding carboxylic acids is 1. The summed E-state index contributed by atoms with van der Waals surface area (Å²) in [4.78, 5) is 15.1. The molecule has 1 aliphatic carbocycles. The summed E-state index contributed by atoms with van der Waals surface area (Å²) < 4.78 is 14.6. The molecule has 1 heterocycles. The summed E-state index contributed by atoms with van der Waals surface area (Å²) in [5, 5.41) is 21.8. The Hall–Kier alpha value is -2.75. The van der Waals surface area contributed by atoms with Crippen molar-refractivity contribution in [1.82, 2.24) is 5.32 Å². The van der Waals surface area contributed by atoms with Crippen molar-refractivity contribution in [3.05, 3.63) is 58.6 Å². The fourth-order valence-electron chi connectivity index (χ4n) is 5.45. The molecule has 7 heteroatoms. The number of benzene rings is 2. The lowest BCUT2D eigenvalue weighted by Gasteiger charge is -2.63. The molecule has 2 fully saturated rings. The molecular formula is C26H30ClN3O3. The lowest BCUT2D eigenvalue weighted by Crippen LogP contribution is -2.74. The van der Waals surface area contributed by atoms with Gasteiger partial charge in [0.2, 0.25) is 0 Å². The number of anilines is 1. The summed E-state index contributed by atoms with van der Waals surface area (Å²) in [7, 11) is 0. The molecule has 1 saturated carbocycles. The zero-order valence-corrected chi connectivity index (χ0v) is 20.1. The third kappa shape index (κ3) is 4.16. The van der Waals surface area contributed by atoms with E-state index in [1.807, 2.05) is 17.0 Å². The van der Waals surface area contributed by atoms with Crippen molar-refractivity contribution < 1.29 is 16.0 Å². The van der Waals surface area contributed by atoms with E-state index in [9.17, 15) is 9.90 Å². The van der Waals surface area contributed by atoms with E-state index in [-0.39, 0.29) is 41.4 Å². The second-order valence-corrected chi connectivity index (χ2v) is 10.6. The van der Waals surface area contributed by atoms with Crippen LogP contribution in [0.15, 0.2) is 42.4 Å². The average Bonchev–Trinajstić information content (AvgIpc) is 2.75. The van der Waals surface area contributed by atoms with E-state index in [0.29, 0.717) is 27.9 Å². The van der Waals surface area contributed by atoms with Gasteiger partial charge in [0.15, 0.2) is 0 Å². The van der Waals surface area contributed by atoms with Gasteiger partial charge in [-0.25, -0.2) is 0 Å². The zero-order chi connectivity index (χ0) is 24.8. The molecule has 174 valence electrons. The number of aliphatic hydroxyl groups is 1. The molecule has 4 rings (SSSR count). The van der Waals surface area contributed by atoms with Gasteiger partial charge in [-0.1, -0.05) is 39.3 Å². The number of ether oxygens (including phenoxy) is 1. The highest BCUT2D eigenvalue weighted by Crippen LogP contribution is 2.55. The summed E-state index contributed by atoms with van der Waals surface area (Å²) in [6, 6.07) is 12.4. The van der Waals surface area contributed by atoms with E-state index in [0.717, 1.165) is 18.8 Å². The standard InChI is InChI=1S/C26H30ClN3O3/c1-25(2)23(26(3,4)24(25)33-20-10-7-18(12-28)21(27)11-20)29-22(32)17-5-8-19(9-6-17)30-13-16(14-30)15-31/h5-11,16,23-24,31H,13-15H2,1-4H3,(H,29,32)/i8D. The first-order valence-corrected chi connectivity index (χ1v) is 11.5. The van der Waals surface area contributed by atoms with Crippen LogP contribution in [0.2, 0.25) is 5.02 Å². The van der Waals surface area contributed by atoms with Crippen LogP contribution in [0.4, 0.5) is 5.69 Å². The average molecular weight is 469 g/mol.